The third kappa shape index (κ3) is 9.82. The van der Waals surface area contributed by atoms with E-state index in [9.17, 15) is 19.8 Å². The summed E-state index contributed by atoms with van der Waals surface area (Å²) in [6.07, 6.45) is 8.04. The van der Waals surface area contributed by atoms with Crippen molar-refractivity contribution in [2.24, 2.45) is 23.7 Å². The molecule has 6 aliphatic rings. The summed E-state index contributed by atoms with van der Waals surface area (Å²) in [7, 11) is 1.61. The quantitative estimate of drug-likeness (QED) is 0.208. The fraction of sp³-hybridized carbons (Fsp3) is 0.673. The number of aliphatic hydroxyl groups excluding tert-OH is 1. The maximum absolute atomic E-state index is 14.3. The van der Waals surface area contributed by atoms with Crippen LogP contribution in [-0.4, -0.2) is 108 Å². The van der Waals surface area contributed by atoms with Gasteiger partial charge >= 0.3 is 11.9 Å². The summed E-state index contributed by atoms with van der Waals surface area (Å²) in [5.41, 5.74) is 1.03. The Morgan fingerprint density at radius 3 is 2.56 bits per heavy atom. The van der Waals surface area contributed by atoms with E-state index in [0.29, 0.717) is 55.1 Å². The van der Waals surface area contributed by atoms with Crippen molar-refractivity contribution in [3.05, 3.63) is 83.0 Å². The minimum Gasteiger partial charge on any atom is -0.462 e. The Labute approximate surface area is 361 Å². The highest BCUT2D eigenvalue weighted by atomic mass is 16.7. The van der Waals surface area contributed by atoms with Crippen LogP contribution in [0.2, 0.25) is 0 Å². The minimum atomic E-state index is -1.82. The Hall–Kier alpha value is -3.20. The summed E-state index contributed by atoms with van der Waals surface area (Å²) < 4.78 is 51.5. The fourth-order valence-electron chi connectivity index (χ4n) is 10.4. The van der Waals surface area contributed by atoms with Crippen molar-refractivity contribution in [2.75, 3.05) is 13.7 Å². The van der Waals surface area contributed by atoms with E-state index in [2.05, 4.69) is 33.8 Å². The molecule has 1 aromatic rings. The van der Waals surface area contributed by atoms with Gasteiger partial charge in [0.05, 0.1) is 37.4 Å². The lowest BCUT2D eigenvalue weighted by Gasteiger charge is -2.51. The van der Waals surface area contributed by atoms with Gasteiger partial charge < -0.3 is 48.1 Å². The van der Waals surface area contributed by atoms with Gasteiger partial charge in [0, 0.05) is 38.7 Å². The minimum absolute atomic E-state index is 0.00888. The molecule has 16 atom stereocenters. The van der Waals surface area contributed by atoms with Crippen molar-refractivity contribution in [1.29, 1.82) is 0 Å². The van der Waals surface area contributed by atoms with E-state index in [0.717, 1.165) is 24.0 Å². The topological polar surface area (TPSA) is 148 Å². The molecule has 2 N–H and O–H groups in total. The summed E-state index contributed by atoms with van der Waals surface area (Å²) in [5, 5.41) is 23.7. The molecular weight excluding hydrogens is 781 g/mol. The second-order valence-corrected chi connectivity index (χ2v) is 18.6. The molecule has 1 aliphatic carbocycles. The maximum atomic E-state index is 14.3. The zero-order chi connectivity index (χ0) is 43.6. The van der Waals surface area contributed by atoms with Crippen molar-refractivity contribution in [2.45, 2.75) is 172 Å². The first-order valence-electron chi connectivity index (χ1n) is 22.5. The molecule has 12 nitrogen and oxygen atoms in total. The zero-order valence-electron chi connectivity index (χ0n) is 37.2. The highest BCUT2D eigenvalue weighted by Crippen LogP contribution is 2.48. The lowest BCUT2D eigenvalue weighted by atomic mass is 9.71. The normalized spacial score (nSPS) is 43.4. The number of benzene rings is 1. The summed E-state index contributed by atoms with van der Waals surface area (Å²) in [6.45, 7) is 14.4. The van der Waals surface area contributed by atoms with Crippen molar-refractivity contribution >= 4 is 11.9 Å². The van der Waals surface area contributed by atoms with Gasteiger partial charge in [-0.05, 0) is 67.7 Å². The van der Waals surface area contributed by atoms with Crippen molar-refractivity contribution < 1.29 is 57.7 Å². The van der Waals surface area contributed by atoms with Crippen LogP contribution in [0.1, 0.15) is 99.0 Å². The van der Waals surface area contributed by atoms with Crippen LogP contribution < -0.4 is 0 Å². The van der Waals surface area contributed by atoms with Gasteiger partial charge in [0.25, 0.3) is 0 Å². The van der Waals surface area contributed by atoms with Crippen LogP contribution >= 0.6 is 0 Å². The van der Waals surface area contributed by atoms with Gasteiger partial charge in [-0.2, -0.15) is 0 Å². The van der Waals surface area contributed by atoms with Gasteiger partial charge in [-0.3, -0.25) is 9.59 Å². The van der Waals surface area contributed by atoms with Gasteiger partial charge in [-0.15, -0.1) is 0 Å². The van der Waals surface area contributed by atoms with E-state index in [1.54, 1.807) is 26.2 Å². The number of ether oxygens (including phenoxy) is 8. The number of carbonyl (C=O) groups excluding carboxylic acids is 2. The Kier molecular flexibility index (Phi) is 14.5. The van der Waals surface area contributed by atoms with Crippen LogP contribution in [0.15, 0.2) is 77.4 Å². The Bertz CT molecular complexity index is 1820. The van der Waals surface area contributed by atoms with E-state index in [4.69, 9.17) is 37.9 Å². The number of rotatable bonds is 8. The second-order valence-electron chi connectivity index (χ2n) is 18.6. The molecule has 0 aromatic heterocycles. The lowest BCUT2D eigenvalue weighted by molar-refractivity contribution is -0.340. The molecule has 61 heavy (non-hydrogen) atoms. The first kappa shape index (κ1) is 45.8. The molecule has 5 heterocycles. The van der Waals surface area contributed by atoms with Gasteiger partial charge in [-0.1, -0.05) is 94.8 Å². The van der Waals surface area contributed by atoms with Gasteiger partial charge in [-0.25, -0.2) is 0 Å². The second kappa shape index (κ2) is 19.3. The molecule has 5 aliphatic heterocycles. The summed E-state index contributed by atoms with van der Waals surface area (Å²) >= 11 is 0. The summed E-state index contributed by atoms with van der Waals surface area (Å²) in [4.78, 5) is 27.4. The smallest absolute Gasteiger partial charge is 0.316 e. The number of esters is 2. The average molecular weight is 849 g/mol. The SMILES string of the molecule is CCC(C)[C@H]1OC2(CC[C@@H]1C)C[C@@H]1C[C@@H](C/C=C(\C)[C@@H](O[C@H]3C[C@H](OC)[C@@H](OC(=O)Cc4ccccc4)[C@H](C)O3)[C@@H](C)/C=C/C=C3\CO[C@@H]4[C@H](O)C(C)=C[C@@H](C(=O)O1)[C@]34O)O2. The van der Waals surface area contributed by atoms with Crippen molar-refractivity contribution in [3.63, 3.8) is 0 Å². The van der Waals surface area contributed by atoms with Crippen molar-refractivity contribution in [3.8, 4) is 0 Å². The number of hydrogen-bond acceptors (Lipinski definition) is 12. The van der Waals surface area contributed by atoms with E-state index < -0.39 is 72.3 Å². The highest BCUT2D eigenvalue weighted by Gasteiger charge is 2.60. The molecule has 2 unspecified atom stereocenters. The first-order chi connectivity index (χ1) is 29.1. The fourth-order valence-corrected chi connectivity index (χ4v) is 10.4. The molecule has 4 fully saturated rings. The standard InChI is InChI=1S/C49H68O12/c1-9-28(2)44-31(5)20-21-48(61-44)26-37-24-36(60-48)19-18-30(4)43(59-41-25-39(54-8)45(33(7)56-41)58-40(50)23-34-15-11-10-12-16-34)29(3)14-13-17-35-27-55-46-42(51)32(6)22-38(47(52)57-37)49(35,46)53/h10-18,22,28-29,31,33,36-39,41-46,51,53H,9,19-21,23-27H2,1-8H3/b14-13+,30-18+,35-17+/t28?,29-,31-,33-,36+,37-,38-,39-,41-,42+,43-,44+,45-,46+,48?,49+/m0/s1. The van der Waals surface area contributed by atoms with Gasteiger partial charge in [0.2, 0.25) is 0 Å². The molecule has 12 heteroatoms. The maximum Gasteiger partial charge on any atom is 0.316 e. The number of carbonyl (C=O) groups is 2. The molecule has 0 saturated carbocycles. The first-order valence-corrected chi connectivity index (χ1v) is 22.5. The molecular formula is C49H68O12. The highest BCUT2D eigenvalue weighted by molar-refractivity contribution is 5.78. The Balaban J connectivity index is 1.18. The van der Waals surface area contributed by atoms with E-state index in [1.165, 1.54) is 0 Å². The molecule has 4 saturated heterocycles. The van der Waals surface area contributed by atoms with E-state index in [1.807, 2.05) is 56.3 Å². The molecule has 1 spiro atoms. The van der Waals surface area contributed by atoms with Crippen molar-refractivity contribution in [1.82, 2.24) is 0 Å². The van der Waals surface area contributed by atoms with Crippen LogP contribution in [-0.2, 0) is 53.9 Å². The van der Waals surface area contributed by atoms with Crippen LogP contribution in [0.3, 0.4) is 0 Å². The Morgan fingerprint density at radius 1 is 1.05 bits per heavy atom. The molecule has 0 radical (unpaired) electrons. The average Bonchev–Trinajstić information content (AvgIpc) is 3.58. The number of hydrogen-bond donors (Lipinski definition) is 2. The molecule has 2 bridgehead atoms. The number of aliphatic hydroxyl groups is 2. The number of fused-ring (bicyclic) bond motifs is 2. The third-order valence-electron chi connectivity index (χ3n) is 14.1. The number of allylic oxidation sites excluding steroid dienone is 2. The zero-order valence-corrected chi connectivity index (χ0v) is 37.2. The Morgan fingerprint density at radius 2 is 1.82 bits per heavy atom. The lowest BCUT2D eigenvalue weighted by Crippen LogP contribution is -2.58. The number of methoxy groups -OCH3 is 1. The molecule has 0 amide bonds. The van der Waals surface area contributed by atoms with E-state index in [-0.39, 0.29) is 37.1 Å². The van der Waals surface area contributed by atoms with Crippen LogP contribution in [0, 0.1) is 23.7 Å². The predicted molar refractivity (Wildman–Crippen MR) is 227 cm³/mol. The predicted octanol–water partition coefficient (Wildman–Crippen LogP) is 6.86. The van der Waals surface area contributed by atoms with Crippen LogP contribution in [0.25, 0.3) is 0 Å². The monoisotopic (exact) mass is 848 g/mol. The van der Waals surface area contributed by atoms with Crippen LogP contribution in [0.5, 0.6) is 0 Å². The molecule has 7 rings (SSSR count). The molecule has 336 valence electrons. The van der Waals surface area contributed by atoms with E-state index >= 15 is 0 Å². The molecule has 1 aromatic carbocycles. The summed E-state index contributed by atoms with van der Waals surface area (Å²) in [6, 6.07) is 9.48. The third-order valence-corrected chi connectivity index (χ3v) is 14.1. The van der Waals surface area contributed by atoms with Gasteiger partial charge in [0.15, 0.2) is 18.2 Å². The largest absolute Gasteiger partial charge is 0.462 e. The van der Waals surface area contributed by atoms with Gasteiger partial charge in [0.1, 0.15) is 35.9 Å². The van der Waals surface area contributed by atoms with Crippen LogP contribution in [0.4, 0.5) is 0 Å². The summed E-state index contributed by atoms with van der Waals surface area (Å²) in [5.74, 6) is -2.47.